The minimum atomic E-state index is -0.565. The summed E-state index contributed by atoms with van der Waals surface area (Å²) < 4.78 is 0. The van der Waals surface area contributed by atoms with Crippen LogP contribution in [0.4, 0.5) is 0 Å². The maximum Gasteiger partial charge on any atom is 0.255 e. The number of benzene rings is 2. The molecule has 0 aromatic heterocycles. The number of hydrogen-bond donors (Lipinski definition) is 5. The van der Waals surface area contributed by atoms with Crippen LogP contribution in [0.3, 0.4) is 0 Å². The molecule has 0 heterocycles. The van der Waals surface area contributed by atoms with Gasteiger partial charge in [-0.15, -0.1) is 0 Å². The number of hydrogen-bond acceptors (Lipinski definition) is 5. The molecule has 0 aliphatic heterocycles. The van der Waals surface area contributed by atoms with E-state index in [1.807, 2.05) is 0 Å². The molecule has 0 saturated heterocycles. The summed E-state index contributed by atoms with van der Waals surface area (Å²) in [5.74, 6) is -1.14. The van der Waals surface area contributed by atoms with Gasteiger partial charge in [-0.2, -0.15) is 0 Å². The van der Waals surface area contributed by atoms with Crippen LogP contribution in [0.2, 0.25) is 0 Å². The average molecular weight is 275 g/mol. The molecule has 6 heteroatoms. The molecule has 20 heavy (non-hydrogen) atoms. The quantitative estimate of drug-likeness (QED) is 0.544. The van der Waals surface area contributed by atoms with Gasteiger partial charge < -0.3 is 25.7 Å². The van der Waals surface area contributed by atoms with Gasteiger partial charge in [-0.1, -0.05) is 0 Å². The molecule has 0 unspecified atom stereocenters. The Kier molecular flexibility index (Phi) is 3.65. The molecule has 5 N–H and O–H groups in total. The second-order valence-electron chi connectivity index (χ2n) is 4.20. The number of carbonyl (C=O) groups excluding carboxylic acids is 1. The van der Waals surface area contributed by atoms with Crippen LogP contribution < -0.4 is 5.32 Å². The molecule has 2 aromatic rings. The molecule has 0 spiro atoms. The third kappa shape index (κ3) is 2.92. The monoisotopic (exact) mass is 275 g/mol. The Bertz CT molecular complexity index is 654. The molecule has 0 radical (unpaired) electrons. The topological polar surface area (TPSA) is 110 Å². The molecule has 1 amide bonds. The summed E-state index contributed by atoms with van der Waals surface area (Å²) >= 11 is 0. The molecule has 0 bridgehead atoms. The van der Waals surface area contributed by atoms with Crippen LogP contribution in [0.1, 0.15) is 15.9 Å². The van der Waals surface area contributed by atoms with Crippen molar-refractivity contribution in [1.29, 1.82) is 0 Å². The first-order valence-corrected chi connectivity index (χ1v) is 5.78. The summed E-state index contributed by atoms with van der Waals surface area (Å²) in [7, 11) is 0. The minimum Gasteiger partial charge on any atom is -0.508 e. The van der Waals surface area contributed by atoms with Crippen molar-refractivity contribution < 1.29 is 25.2 Å². The molecule has 2 aromatic carbocycles. The molecular weight excluding hydrogens is 262 g/mol. The standard InChI is InChI=1S/C14H13NO5/c16-9-2-4-12(18)8(5-9)7-15-14(20)11-3-1-10(17)6-13(11)19/h1-6,16-19H,7H2,(H,15,20). The van der Waals surface area contributed by atoms with Gasteiger partial charge in [0.1, 0.15) is 23.0 Å². The van der Waals surface area contributed by atoms with E-state index in [-0.39, 0.29) is 35.1 Å². The molecule has 104 valence electrons. The summed E-state index contributed by atoms with van der Waals surface area (Å²) in [5, 5.41) is 40.0. The zero-order chi connectivity index (χ0) is 14.7. The van der Waals surface area contributed by atoms with E-state index in [1.165, 1.54) is 30.3 Å². The van der Waals surface area contributed by atoms with Crippen LogP contribution in [0, 0.1) is 0 Å². The van der Waals surface area contributed by atoms with Crippen LogP contribution in [0.15, 0.2) is 36.4 Å². The van der Waals surface area contributed by atoms with Crippen molar-refractivity contribution in [2.75, 3.05) is 0 Å². The van der Waals surface area contributed by atoms with Crippen LogP contribution in [-0.2, 0) is 6.54 Å². The van der Waals surface area contributed by atoms with Gasteiger partial charge in [0.25, 0.3) is 5.91 Å². The first-order valence-electron chi connectivity index (χ1n) is 5.78. The number of phenols is 4. The van der Waals surface area contributed by atoms with Gasteiger partial charge >= 0.3 is 0 Å². The molecule has 6 nitrogen and oxygen atoms in total. The maximum atomic E-state index is 11.8. The Morgan fingerprint density at radius 2 is 1.55 bits per heavy atom. The van der Waals surface area contributed by atoms with E-state index in [2.05, 4.69) is 5.32 Å². The summed E-state index contributed by atoms with van der Waals surface area (Å²) in [6.45, 7) is -0.0145. The Balaban J connectivity index is 2.10. The number of carbonyl (C=O) groups is 1. The van der Waals surface area contributed by atoms with Crippen molar-refractivity contribution in [2.24, 2.45) is 0 Å². The van der Waals surface area contributed by atoms with E-state index in [1.54, 1.807) is 0 Å². The summed E-state index contributed by atoms with van der Waals surface area (Å²) in [6, 6.07) is 7.58. The Morgan fingerprint density at radius 3 is 2.25 bits per heavy atom. The summed E-state index contributed by atoms with van der Waals surface area (Å²) in [6.07, 6.45) is 0. The predicted molar refractivity (Wildman–Crippen MR) is 70.7 cm³/mol. The van der Waals surface area contributed by atoms with Crippen molar-refractivity contribution in [2.45, 2.75) is 6.54 Å². The van der Waals surface area contributed by atoms with E-state index in [0.717, 1.165) is 6.07 Å². The molecular formula is C14H13NO5. The number of nitrogens with one attached hydrogen (secondary N) is 1. The van der Waals surface area contributed by atoms with E-state index < -0.39 is 5.91 Å². The first-order chi connectivity index (χ1) is 9.47. The van der Waals surface area contributed by atoms with Gasteiger partial charge in [0.05, 0.1) is 5.56 Å². The number of amides is 1. The van der Waals surface area contributed by atoms with Crippen molar-refractivity contribution in [3.05, 3.63) is 47.5 Å². The summed E-state index contributed by atoms with van der Waals surface area (Å²) in [4.78, 5) is 11.8. The second kappa shape index (κ2) is 5.40. The van der Waals surface area contributed by atoms with Crippen molar-refractivity contribution in [3.63, 3.8) is 0 Å². The van der Waals surface area contributed by atoms with Crippen LogP contribution >= 0.6 is 0 Å². The highest BCUT2D eigenvalue weighted by Crippen LogP contribution is 2.24. The fourth-order valence-electron chi connectivity index (χ4n) is 1.70. The number of aromatic hydroxyl groups is 4. The molecule has 2 rings (SSSR count). The highest BCUT2D eigenvalue weighted by Gasteiger charge is 2.12. The van der Waals surface area contributed by atoms with Gasteiger partial charge in [0.2, 0.25) is 0 Å². The fourth-order valence-corrected chi connectivity index (χ4v) is 1.70. The van der Waals surface area contributed by atoms with E-state index in [9.17, 15) is 20.1 Å². The third-order valence-corrected chi connectivity index (χ3v) is 2.73. The van der Waals surface area contributed by atoms with Gasteiger partial charge in [0.15, 0.2) is 0 Å². The SMILES string of the molecule is O=C(NCc1cc(O)ccc1O)c1ccc(O)cc1O. The lowest BCUT2D eigenvalue weighted by Crippen LogP contribution is -2.22. The van der Waals surface area contributed by atoms with Crippen LogP contribution in [0.25, 0.3) is 0 Å². The van der Waals surface area contributed by atoms with E-state index >= 15 is 0 Å². The summed E-state index contributed by atoms with van der Waals surface area (Å²) in [5.41, 5.74) is 0.346. The molecule has 0 aliphatic rings. The largest absolute Gasteiger partial charge is 0.508 e. The lowest BCUT2D eigenvalue weighted by molar-refractivity contribution is 0.0948. The van der Waals surface area contributed by atoms with Crippen molar-refractivity contribution >= 4 is 5.91 Å². The third-order valence-electron chi connectivity index (χ3n) is 2.73. The Hall–Kier alpha value is -2.89. The lowest BCUT2D eigenvalue weighted by atomic mass is 10.1. The van der Waals surface area contributed by atoms with Crippen molar-refractivity contribution in [1.82, 2.24) is 5.32 Å². The zero-order valence-electron chi connectivity index (χ0n) is 10.4. The Morgan fingerprint density at radius 1 is 0.900 bits per heavy atom. The van der Waals surface area contributed by atoms with E-state index in [4.69, 9.17) is 5.11 Å². The highest BCUT2D eigenvalue weighted by atomic mass is 16.3. The average Bonchev–Trinajstić information content (AvgIpc) is 2.39. The molecule has 0 saturated carbocycles. The molecule has 0 fully saturated rings. The lowest BCUT2D eigenvalue weighted by Gasteiger charge is -2.09. The highest BCUT2D eigenvalue weighted by molar-refractivity contribution is 5.96. The number of rotatable bonds is 3. The van der Waals surface area contributed by atoms with Gasteiger partial charge in [-0.25, -0.2) is 0 Å². The van der Waals surface area contributed by atoms with Gasteiger partial charge in [-0.3, -0.25) is 4.79 Å². The van der Waals surface area contributed by atoms with Crippen LogP contribution in [0.5, 0.6) is 23.0 Å². The Labute approximate surface area is 114 Å². The van der Waals surface area contributed by atoms with E-state index in [0.29, 0.717) is 5.56 Å². The second-order valence-corrected chi connectivity index (χ2v) is 4.20. The first kappa shape index (κ1) is 13.5. The smallest absolute Gasteiger partial charge is 0.255 e. The maximum absolute atomic E-state index is 11.8. The van der Waals surface area contributed by atoms with Gasteiger partial charge in [0, 0.05) is 18.2 Å². The fraction of sp³-hybridized carbons (Fsp3) is 0.0714. The number of phenolic OH excluding ortho intramolecular Hbond substituents is 4. The molecule has 0 aliphatic carbocycles. The minimum absolute atomic E-state index is 0.00226. The van der Waals surface area contributed by atoms with Crippen molar-refractivity contribution in [3.8, 4) is 23.0 Å². The zero-order valence-corrected chi connectivity index (χ0v) is 10.4. The molecule has 0 atom stereocenters. The predicted octanol–water partition coefficient (Wildman–Crippen LogP) is 1.44. The van der Waals surface area contributed by atoms with Gasteiger partial charge in [-0.05, 0) is 30.3 Å². The normalized spacial score (nSPS) is 10.2. The van der Waals surface area contributed by atoms with Crippen LogP contribution in [-0.4, -0.2) is 26.3 Å².